The van der Waals surface area contributed by atoms with Gasteiger partial charge >= 0.3 is 0 Å². The summed E-state index contributed by atoms with van der Waals surface area (Å²) < 4.78 is 5.59. The molecular weight excluding hydrogens is 292 g/mol. The molecule has 1 aromatic rings. The highest BCUT2D eigenvalue weighted by Gasteiger charge is 2.22. The Morgan fingerprint density at radius 1 is 1.13 bits per heavy atom. The number of nitrogens with one attached hydrogen (secondary N) is 2. The molecule has 1 unspecified atom stereocenters. The Bertz CT molecular complexity index is 522. The van der Waals surface area contributed by atoms with Crippen LogP contribution in [0.2, 0.25) is 0 Å². The van der Waals surface area contributed by atoms with Gasteiger partial charge in [0.2, 0.25) is 5.91 Å². The van der Waals surface area contributed by atoms with Gasteiger partial charge < -0.3 is 4.74 Å². The zero-order valence-electron chi connectivity index (χ0n) is 13.9. The van der Waals surface area contributed by atoms with Gasteiger partial charge in [-0.05, 0) is 43.9 Å². The van der Waals surface area contributed by atoms with Crippen molar-refractivity contribution < 1.29 is 14.3 Å². The van der Waals surface area contributed by atoms with Gasteiger partial charge in [-0.25, -0.2) is 0 Å². The predicted molar refractivity (Wildman–Crippen MR) is 88.8 cm³/mol. The minimum absolute atomic E-state index is 0.0156. The Morgan fingerprint density at radius 2 is 1.78 bits per heavy atom. The van der Waals surface area contributed by atoms with E-state index in [1.807, 2.05) is 24.3 Å². The zero-order chi connectivity index (χ0) is 16.7. The molecule has 0 bridgehead atoms. The lowest BCUT2D eigenvalue weighted by atomic mass is 9.89. The molecule has 2 amide bonds. The minimum atomic E-state index is -0.672. The smallest absolute Gasteiger partial charge is 0.279 e. The van der Waals surface area contributed by atoms with Gasteiger partial charge in [0.1, 0.15) is 5.75 Å². The van der Waals surface area contributed by atoms with Crippen LogP contribution >= 0.6 is 0 Å². The fraction of sp³-hybridized carbons (Fsp3) is 0.556. The highest BCUT2D eigenvalue weighted by Crippen LogP contribution is 2.23. The average Bonchev–Trinajstić information content (AvgIpc) is 2.60. The summed E-state index contributed by atoms with van der Waals surface area (Å²) in [5.74, 6) is 0.205. The molecule has 5 heteroatoms. The van der Waals surface area contributed by atoms with Crippen LogP contribution < -0.4 is 15.6 Å². The van der Waals surface area contributed by atoms with Crippen molar-refractivity contribution in [1.82, 2.24) is 10.9 Å². The van der Waals surface area contributed by atoms with Crippen LogP contribution in [0.15, 0.2) is 24.3 Å². The summed E-state index contributed by atoms with van der Waals surface area (Å²) in [5.41, 5.74) is 6.19. The van der Waals surface area contributed by atoms with Crippen molar-refractivity contribution in [3.63, 3.8) is 0 Å². The number of carbonyl (C=O) groups is 2. The van der Waals surface area contributed by atoms with Gasteiger partial charge in [0, 0.05) is 5.92 Å². The Morgan fingerprint density at radius 3 is 2.39 bits per heavy atom. The van der Waals surface area contributed by atoms with Crippen molar-refractivity contribution in [2.45, 2.75) is 58.5 Å². The van der Waals surface area contributed by atoms with Gasteiger partial charge in [0.25, 0.3) is 5.91 Å². The Balaban J connectivity index is 1.76. The van der Waals surface area contributed by atoms with E-state index in [1.165, 1.54) is 12.0 Å². The van der Waals surface area contributed by atoms with Crippen molar-refractivity contribution in [3.05, 3.63) is 29.8 Å². The Labute approximate surface area is 137 Å². The topological polar surface area (TPSA) is 67.4 Å². The number of ether oxygens (including phenoxy) is 1. The number of aryl methyl sites for hydroxylation is 1. The fourth-order valence-electron chi connectivity index (χ4n) is 2.75. The molecule has 23 heavy (non-hydrogen) atoms. The molecule has 5 nitrogen and oxygen atoms in total. The lowest BCUT2D eigenvalue weighted by Crippen LogP contribution is -2.49. The molecule has 0 aliphatic heterocycles. The maximum absolute atomic E-state index is 12.0. The van der Waals surface area contributed by atoms with E-state index in [1.54, 1.807) is 6.92 Å². The van der Waals surface area contributed by atoms with Gasteiger partial charge in [0.15, 0.2) is 6.10 Å². The first kappa shape index (κ1) is 17.3. The van der Waals surface area contributed by atoms with E-state index in [-0.39, 0.29) is 17.7 Å². The Hall–Kier alpha value is -2.04. The molecule has 0 heterocycles. The largest absolute Gasteiger partial charge is 0.481 e. The lowest BCUT2D eigenvalue weighted by molar-refractivity contribution is -0.134. The third kappa shape index (κ3) is 5.27. The van der Waals surface area contributed by atoms with Crippen molar-refractivity contribution in [2.24, 2.45) is 5.92 Å². The first-order valence-electron chi connectivity index (χ1n) is 8.45. The van der Waals surface area contributed by atoms with Crippen LogP contribution in [0.3, 0.4) is 0 Å². The van der Waals surface area contributed by atoms with Crippen LogP contribution in [0.25, 0.3) is 0 Å². The summed E-state index contributed by atoms with van der Waals surface area (Å²) in [6.45, 7) is 3.75. The van der Waals surface area contributed by atoms with Crippen LogP contribution in [0.5, 0.6) is 5.75 Å². The average molecular weight is 318 g/mol. The quantitative estimate of drug-likeness (QED) is 0.820. The van der Waals surface area contributed by atoms with Crippen molar-refractivity contribution in [1.29, 1.82) is 0 Å². The van der Waals surface area contributed by atoms with Gasteiger partial charge in [-0.1, -0.05) is 38.3 Å². The first-order valence-corrected chi connectivity index (χ1v) is 8.45. The van der Waals surface area contributed by atoms with Gasteiger partial charge in [-0.15, -0.1) is 0 Å². The van der Waals surface area contributed by atoms with E-state index < -0.39 is 6.10 Å². The third-order valence-corrected chi connectivity index (χ3v) is 4.30. The molecule has 1 atom stereocenters. The summed E-state index contributed by atoms with van der Waals surface area (Å²) in [6, 6.07) is 7.65. The maximum Gasteiger partial charge on any atom is 0.279 e. The number of hydrogen-bond acceptors (Lipinski definition) is 3. The maximum atomic E-state index is 12.0. The molecule has 126 valence electrons. The second-order valence-electron chi connectivity index (χ2n) is 6.07. The molecule has 0 saturated heterocycles. The van der Waals surface area contributed by atoms with E-state index in [4.69, 9.17) is 4.74 Å². The fourth-order valence-corrected chi connectivity index (χ4v) is 2.75. The van der Waals surface area contributed by atoms with E-state index in [0.717, 1.165) is 32.1 Å². The SMILES string of the molecule is CCc1ccc(OC(C)C(=O)NNC(=O)C2CCCCC2)cc1. The zero-order valence-corrected chi connectivity index (χ0v) is 13.9. The number of amides is 2. The summed E-state index contributed by atoms with van der Waals surface area (Å²) in [6.07, 6.45) is 5.45. The predicted octanol–water partition coefficient (Wildman–Crippen LogP) is 2.74. The van der Waals surface area contributed by atoms with Crippen molar-refractivity contribution >= 4 is 11.8 Å². The molecule has 0 radical (unpaired) electrons. The molecule has 1 aliphatic carbocycles. The lowest BCUT2D eigenvalue weighted by Gasteiger charge is -2.21. The molecule has 2 N–H and O–H groups in total. The standard InChI is InChI=1S/C18H26N2O3/c1-3-14-9-11-16(12-10-14)23-13(2)17(21)19-20-18(22)15-7-5-4-6-8-15/h9-13,15H,3-8H2,1-2H3,(H,19,21)(H,20,22). The molecular formula is C18H26N2O3. The Kier molecular flexibility index (Phi) is 6.44. The van der Waals surface area contributed by atoms with Crippen LogP contribution in [-0.2, 0) is 16.0 Å². The molecule has 1 fully saturated rings. The molecule has 2 rings (SSSR count). The second kappa shape index (κ2) is 8.56. The number of hydrazine groups is 1. The molecule has 1 aliphatic rings. The van der Waals surface area contributed by atoms with E-state index in [9.17, 15) is 9.59 Å². The highest BCUT2D eigenvalue weighted by atomic mass is 16.5. The van der Waals surface area contributed by atoms with Crippen LogP contribution in [0.4, 0.5) is 0 Å². The van der Waals surface area contributed by atoms with Gasteiger partial charge in [0.05, 0.1) is 0 Å². The molecule has 1 saturated carbocycles. The number of hydrogen-bond donors (Lipinski definition) is 2. The molecule has 1 aromatic carbocycles. The number of rotatable bonds is 5. The number of carbonyl (C=O) groups excluding carboxylic acids is 2. The van der Waals surface area contributed by atoms with E-state index >= 15 is 0 Å². The van der Waals surface area contributed by atoms with E-state index in [2.05, 4.69) is 17.8 Å². The minimum Gasteiger partial charge on any atom is -0.481 e. The van der Waals surface area contributed by atoms with Crippen molar-refractivity contribution in [3.8, 4) is 5.75 Å². The van der Waals surface area contributed by atoms with Crippen molar-refractivity contribution in [2.75, 3.05) is 0 Å². The van der Waals surface area contributed by atoms with E-state index in [0.29, 0.717) is 5.75 Å². The molecule has 0 spiro atoms. The highest BCUT2D eigenvalue weighted by molar-refractivity contribution is 5.85. The van der Waals surface area contributed by atoms with Crippen LogP contribution in [0.1, 0.15) is 51.5 Å². The number of benzene rings is 1. The van der Waals surface area contributed by atoms with Gasteiger partial charge in [-0.3, -0.25) is 20.4 Å². The molecule has 0 aromatic heterocycles. The van der Waals surface area contributed by atoms with Crippen LogP contribution in [0, 0.1) is 5.92 Å². The monoisotopic (exact) mass is 318 g/mol. The normalized spacial score (nSPS) is 16.4. The summed E-state index contributed by atoms with van der Waals surface area (Å²) in [5, 5.41) is 0. The summed E-state index contributed by atoms with van der Waals surface area (Å²) >= 11 is 0. The van der Waals surface area contributed by atoms with Crippen LogP contribution in [-0.4, -0.2) is 17.9 Å². The van der Waals surface area contributed by atoms with Gasteiger partial charge in [-0.2, -0.15) is 0 Å². The first-order chi connectivity index (χ1) is 11.1. The summed E-state index contributed by atoms with van der Waals surface area (Å²) in [7, 11) is 0. The summed E-state index contributed by atoms with van der Waals surface area (Å²) in [4.78, 5) is 24.0. The second-order valence-corrected chi connectivity index (χ2v) is 6.07. The third-order valence-electron chi connectivity index (χ3n) is 4.30.